The fraction of sp³-hybridized carbons (Fsp3) is 0.478. The predicted octanol–water partition coefficient (Wildman–Crippen LogP) is 5.63. The van der Waals surface area contributed by atoms with E-state index in [0.29, 0.717) is 17.5 Å². The zero-order valence-electron chi connectivity index (χ0n) is 15.8. The van der Waals surface area contributed by atoms with Gasteiger partial charge in [-0.15, -0.1) is 0 Å². The Balaban J connectivity index is 1.49. The lowest BCUT2D eigenvalue weighted by Crippen LogP contribution is -2.20. The molecule has 1 saturated carbocycles. The van der Waals surface area contributed by atoms with Crippen molar-refractivity contribution in [1.82, 2.24) is 0 Å². The summed E-state index contributed by atoms with van der Waals surface area (Å²) in [5.41, 5.74) is 2.01. The number of rotatable bonds is 6. The van der Waals surface area contributed by atoms with E-state index in [2.05, 4.69) is 31.2 Å². The summed E-state index contributed by atoms with van der Waals surface area (Å²) in [6.07, 6.45) is 6.85. The SMILES string of the molecule is Cc1ccc(CCc2ccc([Si]CC3CCC(C)CC3)cc2)c(F)c1F. The summed E-state index contributed by atoms with van der Waals surface area (Å²) in [7, 11) is 0.884. The van der Waals surface area contributed by atoms with Gasteiger partial charge in [-0.05, 0) is 48.3 Å². The molecule has 1 aliphatic rings. The molecule has 0 aliphatic heterocycles. The van der Waals surface area contributed by atoms with E-state index in [1.54, 1.807) is 19.1 Å². The maximum atomic E-state index is 14.0. The Morgan fingerprint density at radius 2 is 1.58 bits per heavy atom. The third-order valence-corrected chi connectivity index (χ3v) is 7.25. The van der Waals surface area contributed by atoms with Crippen LogP contribution in [-0.2, 0) is 12.8 Å². The first-order valence-electron chi connectivity index (χ1n) is 9.79. The summed E-state index contributed by atoms with van der Waals surface area (Å²) in [6, 6.07) is 13.4. The summed E-state index contributed by atoms with van der Waals surface area (Å²) in [5.74, 6) is 0.422. The third kappa shape index (κ3) is 5.03. The lowest BCUT2D eigenvalue weighted by Gasteiger charge is -2.25. The Morgan fingerprint density at radius 3 is 2.27 bits per heavy atom. The monoisotopic (exact) mass is 370 g/mol. The molecule has 26 heavy (non-hydrogen) atoms. The Hall–Kier alpha value is -1.48. The first kappa shape index (κ1) is 19.3. The van der Waals surface area contributed by atoms with Gasteiger partial charge in [0.1, 0.15) is 0 Å². The molecular formula is C23H28F2Si. The van der Waals surface area contributed by atoms with Crippen molar-refractivity contribution in [2.45, 2.75) is 58.4 Å². The summed E-state index contributed by atoms with van der Waals surface area (Å²) in [6.45, 7) is 3.96. The average Bonchev–Trinajstić information content (AvgIpc) is 2.66. The molecule has 0 N–H and O–H groups in total. The zero-order valence-corrected chi connectivity index (χ0v) is 16.8. The highest BCUT2D eigenvalue weighted by Crippen LogP contribution is 2.30. The molecule has 0 bridgehead atoms. The van der Waals surface area contributed by atoms with Gasteiger partial charge in [0.15, 0.2) is 11.6 Å². The lowest BCUT2D eigenvalue weighted by atomic mass is 9.84. The minimum Gasteiger partial charge on any atom is -0.203 e. The number of aryl methyl sites for hydroxylation is 3. The highest BCUT2D eigenvalue weighted by Gasteiger charge is 2.18. The first-order chi connectivity index (χ1) is 12.5. The van der Waals surface area contributed by atoms with Crippen LogP contribution in [0.4, 0.5) is 8.78 Å². The fourth-order valence-electron chi connectivity index (χ4n) is 3.74. The second-order valence-corrected chi connectivity index (χ2v) is 9.21. The molecule has 2 aromatic carbocycles. The number of benzene rings is 2. The second kappa shape index (κ2) is 8.94. The molecule has 0 nitrogen and oxygen atoms in total. The van der Waals surface area contributed by atoms with Gasteiger partial charge >= 0.3 is 0 Å². The van der Waals surface area contributed by atoms with Gasteiger partial charge in [-0.2, -0.15) is 0 Å². The van der Waals surface area contributed by atoms with E-state index in [1.165, 1.54) is 42.5 Å². The quantitative estimate of drug-likeness (QED) is 0.578. The molecule has 0 amide bonds. The van der Waals surface area contributed by atoms with Crippen LogP contribution in [0.2, 0.25) is 6.04 Å². The number of hydrogen-bond donors (Lipinski definition) is 0. The molecule has 2 aromatic rings. The molecule has 0 saturated heterocycles. The topological polar surface area (TPSA) is 0 Å². The molecule has 1 fully saturated rings. The van der Waals surface area contributed by atoms with Crippen molar-refractivity contribution in [2.24, 2.45) is 11.8 Å². The van der Waals surface area contributed by atoms with Gasteiger partial charge in [0, 0.05) is 0 Å². The maximum Gasteiger partial charge on any atom is 0.162 e. The average molecular weight is 371 g/mol. The van der Waals surface area contributed by atoms with Crippen LogP contribution in [0.25, 0.3) is 0 Å². The molecule has 3 heteroatoms. The van der Waals surface area contributed by atoms with Crippen LogP contribution in [0.15, 0.2) is 36.4 Å². The van der Waals surface area contributed by atoms with E-state index in [9.17, 15) is 8.78 Å². The van der Waals surface area contributed by atoms with E-state index in [0.717, 1.165) is 27.8 Å². The molecule has 2 radical (unpaired) electrons. The highest BCUT2D eigenvalue weighted by atomic mass is 28.2. The van der Waals surface area contributed by atoms with E-state index in [-0.39, 0.29) is 0 Å². The molecule has 1 aliphatic carbocycles. The maximum absolute atomic E-state index is 14.0. The van der Waals surface area contributed by atoms with Crippen molar-refractivity contribution >= 4 is 14.7 Å². The van der Waals surface area contributed by atoms with Crippen molar-refractivity contribution in [3.05, 3.63) is 64.7 Å². The smallest absolute Gasteiger partial charge is 0.162 e. The van der Waals surface area contributed by atoms with Crippen molar-refractivity contribution < 1.29 is 8.78 Å². The largest absolute Gasteiger partial charge is 0.203 e. The molecule has 3 rings (SSSR count). The lowest BCUT2D eigenvalue weighted by molar-refractivity contribution is 0.307. The third-order valence-electron chi connectivity index (χ3n) is 5.72. The summed E-state index contributed by atoms with van der Waals surface area (Å²) < 4.78 is 27.6. The van der Waals surface area contributed by atoms with Gasteiger partial charge in [-0.1, -0.05) is 80.2 Å². The van der Waals surface area contributed by atoms with Gasteiger partial charge in [0.2, 0.25) is 0 Å². The molecule has 0 aromatic heterocycles. The first-order valence-corrected chi connectivity index (χ1v) is 11.0. The minimum atomic E-state index is -0.712. The Labute approximate surface area is 158 Å². The number of halogens is 2. The van der Waals surface area contributed by atoms with Crippen molar-refractivity contribution in [3.63, 3.8) is 0 Å². The molecular weight excluding hydrogens is 342 g/mol. The molecule has 0 spiro atoms. The molecule has 0 heterocycles. The van der Waals surface area contributed by atoms with E-state index in [4.69, 9.17) is 0 Å². The standard InChI is InChI=1S/C23H28F2Si/c1-16-3-6-19(7-4-16)15-26-21-13-9-18(10-14-21)8-12-20-11-5-17(2)22(24)23(20)25/h5,9-11,13-14,16,19H,3-4,6-8,12,15H2,1-2H3. The van der Waals surface area contributed by atoms with Crippen LogP contribution in [0.1, 0.15) is 49.3 Å². The van der Waals surface area contributed by atoms with Crippen LogP contribution < -0.4 is 5.19 Å². The summed E-state index contributed by atoms with van der Waals surface area (Å²) in [5, 5.41) is 1.42. The summed E-state index contributed by atoms with van der Waals surface area (Å²) >= 11 is 0. The van der Waals surface area contributed by atoms with Gasteiger partial charge in [-0.25, -0.2) is 8.78 Å². The van der Waals surface area contributed by atoms with Gasteiger partial charge in [0.05, 0.1) is 9.52 Å². The van der Waals surface area contributed by atoms with E-state index in [1.807, 2.05) is 0 Å². The summed E-state index contributed by atoms with van der Waals surface area (Å²) in [4.78, 5) is 0. The molecule has 0 atom stereocenters. The van der Waals surface area contributed by atoms with Crippen LogP contribution in [0.3, 0.4) is 0 Å². The second-order valence-electron chi connectivity index (χ2n) is 7.87. The predicted molar refractivity (Wildman–Crippen MR) is 106 cm³/mol. The number of hydrogen-bond acceptors (Lipinski definition) is 0. The van der Waals surface area contributed by atoms with E-state index < -0.39 is 11.6 Å². The Bertz CT molecular complexity index is 716. The van der Waals surface area contributed by atoms with Crippen LogP contribution in [0.5, 0.6) is 0 Å². The van der Waals surface area contributed by atoms with Gasteiger partial charge in [-0.3, -0.25) is 0 Å². The Morgan fingerprint density at radius 1 is 0.885 bits per heavy atom. The highest BCUT2D eigenvalue weighted by molar-refractivity contribution is 6.53. The van der Waals surface area contributed by atoms with Crippen LogP contribution >= 0.6 is 0 Å². The van der Waals surface area contributed by atoms with Crippen LogP contribution in [0, 0.1) is 30.4 Å². The molecule has 138 valence electrons. The van der Waals surface area contributed by atoms with Crippen molar-refractivity contribution in [1.29, 1.82) is 0 Å². The fourth-order valence-corrected chi connectivity index (χ4v) is 5.08. The normalized spacial score (nSPS) is 20.3. The van der Waals surface area contributed by atoms with E-state index >= 15 is 0 Å². The van der Waals surface area contributed by atoms with Crippen molar-refractivity contribution in [2.75, 3.05) is 0 Å². The Kier molecular flexibility index (Phi) is 6.63. The van der Waals surface area contributed by atoms with Gasteiger partial charge < -0.3 is 0 Å². The van der Waals surface area contributed by atoms with Gasteiger partial charge in [0.25, 0.3) is 0 Å². The molecule has 0 unspecified atom stereocenters. The van der Waals surface area contributed by atoms with Crippen molar-refractivity contribution in [3.8, 4) is 0 Å². The minimum absolute atomic E-state index is 0.365. The zero-order chi connectivity index (χ0) is 18.5. The van der Waals surface area contributed by atoms with Crippen LogP contribution in [-0.4, -0.2) is 9.52 Å².